The van der Waals surface area contributed by atoms with Crippen LogP contribution < -0.4 is 4.74 Å². The van der Waals surface area contributed by atoms with E-state index in [1.54, 1.807) is 0 Å². The second kappa shape index (κ2) is 13.2. The van der Waals surface area contributed by atoms with Crippen LogP contribution in [0.5, 0.6) is 5.75 Å². The maximum Gasteiger partial charge on any atom is 0.303 e. The lowest BCUT2D eigenvalue weighted by atomic mass is 9.96. The van der Waals surface area contributed by atoms with Gasteiger partial charge in [-0.05, 0) is 42.9 Å². The second-order valence-electron chi connectivity index (χ2n) is 7.37. The lowest BCUT2D eigenvalue weighted by molar-refractivity contribution is 0.243. The van der Waals surface area contributed by atoms with Gasteiger partial charge in [0.25, 0.3) is 0 Å². The van der Waals surface area contributed by atoms with E-state index in [4.69, 9.17) is 4.74 Å². The summed E-state index contributed by atoms with van der Waals surface area (Å²) >= 11 is 0. The Morgan fingerprint density at radius 1 is 0.889 bits per heavy atom. The van der Waals surface area contributed by atoms with Crippen LogP contribution in [0.4, 0.5) is 0 Å². The molecule has 0 aliphatic rings. The van der Waals surface area contributed by atoms with E-state index in [0.29, 0.717) is 12.2 Å². The predicted molar refractivity (Wildman–Crippen MR) is 113 cm³/mol. The first-order valence-electron chi connectivity index (χ1n) is 10.7. The van der Waals surface area contributed by atoms with Crippen molar-refractivity contribution in [3.05, 3.63) is 29.3 Å². The topological polar surface area (TPSA) is 63.6 Å². The van der Waals surface area contributed by atoms with Crippen LogP contribution in [0.2, 0.25) is 0 Å². The summed E-state index contributed by atoms with van der Waals surface area (Å²) < 4.78 is 38.8. The average molecular weight is 399 g/mol. The molecule has 4 nitrogen and oxygen atoms in total. The number of ether oxygens (including phenoxy) is 1. The first kappa shape index (κ1) is 24.0. The van der Waals surface area contributed by atoms with E-state index in [0.717, 1.165) is 37.7 Å². The molecule has 0 amide bonds. The minimum atomic E-state index is -4.23. The highest BCUT2D eigenvalue weighted by atomic mass is 32.2. The molecule has 27 heavy (non-hydrogen) atoms. The van der Waals surface area contributed by atoms with Crippen LogP contribution in [0.3, 0.4) is 0 Å². The number of unbranched alkanes of at least 4 members (excludes halogenated alkanes) is 6. The van der Waals surface area contributed by atoms with E-state index in [9.17, 15) is 13.0 Å². The normalized spacial score (nSPS) is 12.9. The quantitative estimate of drug-likeness (QED) is 0.277. The Bertz CT molecular complexity index is 625. The molecule has 1 aromatic rings. The molecule has 0 saturated carbocycles. The third-order valence-electron chi connectivity index (χ3n) is 4.93. The van der Waals surface area contributed by atoms with Crippen LogP contribution >= 0.6 is 0 Å². The van der Waals surface area contributed by atoms with Crippen molar-refractivity contribution in [2.75, 3.05) is 0 Å². The van der Waals surface area contributed by atoms with E-state index in [1.165, 1.54) is 37.7 Å². The third kappa shape index (κ3) is 9.11. The molecule has 0 saturated heterocycles. The average Bonchev–Trinajstić information content (AvgIpc) is 2.62. The van der Waals surface area contributed by atoms with E-state index >= 15 is 0 Å². The van der Waals surface area contributed by atoms with Crippen molar-refractivity contribution in [3.63, 3.8) is 0 Å². The zero-order chi connectivity index (χ0) is 20.1. The van der Waals surface area contributed by atoms with Crippen molar-refractivity contribution in [1.82, 2.24) is 0 Å². The lowest BCUT2D eigenvalue weighted by Crippen LogP contribution is -2.27. The first-order chi connectivity index (χ1) is 12.9. The fourth-order valence-corrected chi connectivity index (χ4v) is 4.12. The molecular weight excluding hydrogens is 360 g/mol. The predicted octanol–water partition coefficient (Wildman–Crippen LogP) is 6.33. The number of aryl methyl sites for hydroxylation is 1. The smallest absolute Gasteiger partial charge is 0.303 e. The molecule has 5 heteroatoms. The van der Waals surface area contributed by atoms with Gasteiger partial charge in [-0.2, -0.15) is 8.42 Å². The zero-order valence-corrected chi connectivity index (χ0v) is 18.2. The Balaban J connectivity index is 3.00. The van der Waals surface area contributed by atoms with Gasteiger partial charge in [0.15, 0.2) is 0 Å². The SMILES string of the molecule is CCCCCCc1cccc(OC(CCC)S(=O)(=O)O)c1CCCCCC. The highest BCUT2D eigenvalue weighted by molar-refractivity contribution is 7.86. The molecule has 1 N–H and O–H groups in total. The zero-order valence-electron chi connectivity index (χ0n) is 17.4. The molecule has 1 rings (SSSR count). The van der Waals surface area contributed by atoms with Crippen LogP contribution in [-0.4, -0.2) is 18.4 Å². The monoisotopic (exact) mass is 398 g/mol. The standard InChI is InChI=1S/C22H38O4S/c1-4-7-9-11-15-19-16-13-18-21(20(19)17-12-10-8-5-2)26-22(14-6-3)27(23,24)25/h13,16,18,22H,4-12,14-15,17H2,1-3H3,(H,23,24,25). The van der Waals surface area contributed by atoms with Crippen LogP contribution in [0, 0.1) is 0 Å². The van der Waals surface area contributed by atoms with Crippen LogP contribution in [0.25, 0.3) is 0 Å². The lowest BCUT2D eigenvalue weighted by Gasteiger charge is -2.20. The fraction of sp³-hybridized carbons (Fsp3) is 0.727. The number of hydrogen-bond donors (Lipinski definition) is 1. The van der Waals surface area contributed by atoms with Gasteiger partial charge < -0.3 is 4.74 Å². The molecule has 1 aromatic carbocycles. The molecule has 0 radical (unpaired) electrons. The summed E-state index contributed by atoms with van der Waals surface area (Å²) in [4.78, 5) is 0. The van der Waals surface area contributed by atoms with E-state index < -0.39 is 15.6 Å². The van der Waals surface area contributed by atoms with E-state index in [1.807, 2.05) is 19.1 Å². The summed E-state index contributed by atoms with van der Waals surface area (Å²) in [7, 11) is -4.23. The Labute approximate surface area is 166 Å². The van der Waals surface area contributed by atoms with E-state index in [2.05, 4.69) is 19.9 Å². The minimum Gasteiger partial charge on any atom is -0.472 e. The van der Waals surface area contributed by atoms with Gasteiger partial charge in [-0.25, -0.2) is 0 Å². The van der Waals surface area contributed by atoms with Crippen LogP contribution in [0.1, 0.15) is 96.1 Å². The van der Waals surface area contributed by atoms with Gasteiger partial charge >= 0.3 is 10.1 Å². The molecule has 0 aliphatic carbocycles. The van der Waals surface area contributed by atoms with Crippen molar-refractivity contribution in [2.24, 2.45) is 0 Å². The van der Waals surface area contributed by atoms with Gasteiger partial charge in [-0.15, -0.1) is 0 Å². The maximum atomic E-state index is 11.7. The van der Waals surface area contributed by atoms with Gasteiger partial charge in [0.1, 0.15) is 5.75 Å². The Morgan fingerprint density at radius 2 is 1.52 bits per heavy atom. The third-order valence-corrected chi connectivity index (χ3v) is 5.92. The van der Waals surface area contributed by atoms with Gasteiger partial charge in [0, 0.05) is 6.42 Å². The number of benzene rings is 1. The van der Waals surface area contributed by atoms with Crippen LogP contribution in [-0.2, 0) is 23.0 Å². The van der Waals surface area contributed by atoms with Crippen molar-refractivity contribution < 1.29 is 17.7 Å². The number of hydrogen-bond acceptors (Lipinski definition) is 3. The first-order valence-corrected chi connectivity index (χ1v) is 12.2. The molecule has 0 bridgehead atoms. The summed E-state index contributed by atoms with van der Waals surface area (Å²) in [6.45, 7) is 6.28. The van der Waals surface area contributed by atoms with Crippen molar-refractivity contribution in [3.8, 4) is 5.75 Å². The Kier molecular flexibility index (Phi) is 11.7. The summed E-state index contributed by atoms with van der Waals surface area (Å²) in [5.41, 5.74) is 1.19. The van der Waals surface area contributed by atoms with Crippen LogP contribution in [0.15, 0.2) is 18.2 Å². The Morgan fingerprint density at radius 3 is 2.07 bits per heavy atom. The molecule has 0 aromatic heterocycles. The fourth-order valence-electron chi connectivity index (χ4n) is 3.36. The second-order valence-corrected chi connectivity index (χ2v) is 8.92. The van der Waals surface area contributed by atoms with Gasteiger partial charge in [0.2, 0.25) is 5.44 Å². The molecule has 1 atom stereocenters. The highest BCUT2D eigenvalue weighted by Crippen LogP contribution is 2.29. The maximum absolute atomic E-state index is 11.7. The summed E-state index contributed by atoms with van der Waals surface area (Å²) in [6, 6.07) is 5.92. The molecule has 156 valence electrons. The molecular formula is C22H38O4S. The molecule has 0 fully saturated rings. The van der Waals surface area contributed by atoms with Gasteiger partial charge in [-0.1, -0.05) is 77.8 Å². The summed E-state index contributed by atoms with van der Waals surface area (Å²) in [6.07, 6.45) is 12.2. The summed E-state index contributed by atoms with van der Waals surface area (Å²) in [5.74, 6) is 0.621. The van der Waals surface area contributed by atoms with Crippen molar-refractivity contribution in [2.45, 2.75) is 103 Å². The van der Waals surface area contributed by atoms with Gasteiger partial charge in [0.05, 0.1) is 0 Å². The Hall–Kier alpha value is -1.07. The van der Waals surface area contributed by atoms with Crippen molar-refractivity contribution in [1.29, 1.82) is 0 Å². The number of rotatable bonds is 15. The summed E-state index contributed by atoms with van der Waals surface area (Å²) in [5, 5.41) is 0. The van der Waals surface area contributed by atoms with Crippen molar-refractivity contribution >= 4 is 10.1 Å². The molecule has 0 heterocycles. The molecule has 0 aliphatic heterocycles. The minimum absolute atomic E-state index is 0.287. The largest absolute Gasteiger partial charge is 0.472 e. The highest BCUT2D eigenvalue weighted by Gasteiger charge is 2.25. The molecule has 0 spiro atoms. The molecule has 1 unspecified atom stereocenters. The van der Waals surface area contributed by atoms with E-state index in [-0.39, 0.29) is 6.42 Å². The van der Waals surface area contributed by atoms with Gasteiger partial charge in [-0.3, -0.25) is 4.55 Å².